The minimum absolute atomic E-state index is 0.287. The monoisotopic (exact) mass is 330 g/mol. The van der Waals surface area contributed by atoms with Gasteiger partial charge in [-0.3, -0.25) is 0 Å². The second-order valence-corrected chi connectivity index (χ2v) is 7.78. The summed E-state index contributed by atoms with van der Waals surface area (Å²) < 4.78 is 26.9. The molecule has 0 atom stereocenters. The average molecular weight is 331 g/mol. The summed E-state index contributed by atoms with van der Waals surface area (Å²) in [6.07, 6.45) is 2.27. The summed E-state index contributed by atoms with van der Waals surface area (Å²) in [5.74, 6) is 0.531. The van der Waals surface area contributed by atoms with E-state index < -0.39 is 10.0 Å². The zero-order valence-electron chi connectivity index (χ0n) is 12.6. The van der Waals surface area contributed by atoms with Gasteiger partial charge in [-0.15, -0.1) is 0 Å². The lowest BCUT2D eigenvalue weighted by molar-refractivity contribution is 0.412. The summed E-state index contributed by atoms with van der Waals surface area (Å²) in [5.41, 5.74) is 0.919. The molecule has 1 saturated carbocycles. The van der Waals surface area contributed by atoms with Crippen LogP contribution < -0.4 is 5.32 Å². The van der Waals surface area contributed by atoms with Gasteiger partial charge in [-0.05, 0) is 43.0 Å². The zero-order valence-corrected chi connectivity index (χ0v) is 14.2. The number of nitrogens with zero attached hydrogens (tertiary/aromatic N) is 1. The zero-order chi connectivity index (χ0) is 15.5. The molecular weight excluding hydrogens is 308 g/mol. The molecule has 0 saturated heterocycles. The number of benzene rings is 1. The van der Waals surface area contributed by atoms with Gasteiger partial charge in [-0.25, -0.2) is 8.42 Å². The Morgan fingerprint density at radius 1 is 1.33 bits per heavy atom. The Kier molecular flexibility index (Phi) is 5.66. The van der Waals surface area contributed by atoms with E-state index in [2.05, 4.69) is 5.32 Å². The van der Waals surface area contributed by atoms with Crippen molar-refractivity contribution < 1.29 is 8.42 Å². The third kappa shape index (κ3) is 4.19. The number of sulfonamides is 1. The maximum absolute atomic E-state index is 12.7. The van der Waals surface area contributed by atoms with Gasteiger partial charge in [-0.1, -0.05) is 31.5 Å². The van der Waals surface area contributed by atoms with E-state index in [1.807, 2.05) is 13.8 Å². The van der Waals surface area contributed by atoms with E-state index in [-0.39, 0.29) is 4.90 Å². The molecule has 21 heavy (non-hydrogen) atoms. The molecule has 0 aliphatic heterocycles. The van der Waals surface area contributed by atoms with Crippen molar-refractivity contribution in [2.45, 2.75) is 38.1 Å². The van der Waals surface area contributed by atoms with Crippen molar-refractivity contribution in [1.82, 2.24) is 9.62 Å². The number of hydrogen-bond acceptors (Lipinski definition) is 3. The third-order valence-electron chi connectivity index (χ3n) is 3.74. The van der Waals surface area contributed by atoms with Crippen LogP contribution in [0, 0.1) is 5.92 Å². The van der Waals surface area contributed by atoms with Crippen LogP contribution in [0.15, 0.2) is 23.1 Å². The Hall–Kier alpha value is -0.620. The normalized spacial score (nSPS) is 15.6. The maximum atomic E-state index is 12.7. The van der Waals surface area contributed by atoms with Crippen molar-refractivity contribution >= 4 is 21.6 Å². The van der Waals surface area contributed by atoms with Gasteiger partial charge in [0.25, 0.3) is 0 Å². The van der Waals surface area contributed by atoms with Gasteiger partial charge in [0.1, 0.15) is 0 Å². The first-order chi connectivity index (χ1) is 9.98. The Bertz CT molecular complexity index is 585. The van der Waals surface area contributed by atoms with Gasteiger partial charge in [0.2, 0.25) is 10.0 Å². The van der Waals surface area contributed by atoms with Crippen molar-refractivity contribution in [2.24, 2.45) is 5.92 Å². The molecule has 1 aromatic carbocycles. The molecule has 0 heterocycles. The molecule has 6 heteroatoms. The maximum Gasteiger partial charge on any atom is 0.243 e. The van der Waals surface area contributed by atoms with Crippen molar-refractivity contribution in [3.05, 3.63) is 28.8 Å². The minimum atomic E-state index is -3.44. The second-order valence-electron chi connectivity index (χ2n) is 5.43. The summed E-state index contributed by atoms with van der Waals surface area (Å²) in [5, 5.41) is 3.69. The molecule has 1 fully saturated rings. The van der Waals surface area contributed by atoms with Crippen LogP contribution in [0.5, 0.6) is 0 Å². The van der Waals surface area contributed by atoms with Crippen molar-refractivity contribution in [3.8, 4) is 0 Å². The van der Waals surface area contributed by atoms with E-state index >= 15 is 0 Å². The number of nitrogens with one attached hydrogen (secondary N) is 1. The Balaban J connectivity index is 2.20. The van der Waals surface area contributed by atoms with Crippen LogP contribution in [-0.4, -0.2) is 32.4 Å². The molecule has 1 aromatic rings. The van der Waals surface area contributed by atoms with E-state index in [0.29, 0.717) is 30.6 Å². The Morgan fingerprint density at radius 2 is 2.05 bits per heavy atom. The molecule has 1 aliphatic carbocycles. The summed E-state index contributed by atoms with van der Waals surface area (Å²) in [4.78, 5) is 0.287. The highest BCUT2D eigenvalue weighted by molar-refractivity contribution is 7.89. The smallest absolute Gasteiger partial charge is 0.243 e. The molecule has 2 rings (SSSR count). The van der Waals surface area contributed by atoms with Crippen LogP contribution in [0.2, 0.25) is 5.02 Å². The quantitative estimate of drug-likeness (QED) is 0.797. The summed E-state index contributed by atoms with van der Waals surface area (Å²) in [7, 11) is -3.44. The van der Waals surface area contributed by atoms with E-state index in [1.54, 1.807) is 22.5 Å². The van der Waals surface area contributed by atoms with Crippen molar-refractivity contribution in [3.63, 3.8) is 0 Å². The largest absolute Gasteiger partial charge is 0.313 e. The molecule has 0 aromatic heterocycles. The first kappa shape index (κ1) is 16.7. The van der Waals surface area contributed by atoms with Crippen LogP contribution >= 0.6 is 11.6 Å². The number of rotatable bonds is 8. The van der Waals surface area contributed by atoms with Crippen molar-refractivity contribution in [2.75, 3.05) is 19.6 Å². The lowest BCUT2D eigenvalue weighted by Crippen LogP contribution is -2.32. The van der Waals surface area contributed by atoms with Crippen LogP contribution in [0.3, 0.4) is 0 Å². The fourth-order valence-electron chi connectivity index (χ4n) is 2.23. The fourth-order valence-corrected chi connectivity index (χ4v) is 4.09. The Labute approximate surface area is 132 Å². The number of halogens is 1. The topological polar surface area (TPSA) is 49.4 Å². The molecule has 0 spiro atoms. The van der Waals surface area contributed by atoms with Gasteiger partial charge < -0.3 is 5.32 Å². The van der Waals surface area contributed by atoms with E-state index in [1.165, 1.54) is 0 Å². The van der Waals surface area contributed by atoms with Gasteiger partial charge in [0, 0.05) is 24.7 Å². The molecule has 0 radical (unpaired) electrons. The van der Waals surface area contributed by atoms with Crippen LogP contribution in [-0.2, 0) is 16.6 Å². The molecule has 1 aliphatic rings. The lowest BCUT2D eigenvalue weighted by atomic mass is 10.2. The number of hydrogen-bond donors (Lipinski definition) is 1. The first-order valence-electron chi connectivity index (χ1n) is 7.48. The second kappa shape index (κ2) is 7.09. The summed E-state index contributed by atoms with van der Waals surface area (Å²) in [6, 6.07) is 5.02. The van der Waals surface area contributed by atoms with Crippen LogP contribution in [0.1, 0.15) is 32.3 Å². The summed E-state index contributed by atoms with van der Waals surface area (Å²) in [6.45, 7) is 6.51. The fraction of sp³-hybridized carbons (Fsp3) is 0.600. The van der Waals surface area contributed by atoms with Gasteiger partial charge >= 0.3 is 0 Å². The molecule has 0 unspecified atom stereocenters. The molecular formula is C15H23ClN2O2S. The van der Waals surface area contributed by atoms with E-state index in [0.717, 1.165) is 24.9 Å². The van der Waals surface area contributed by atoms with Crippen LogP contribution in [0.4, 0.5) is 0 Å². The molecule has 0 amide bonds. The highest BCUT2D eigenvalue weighted by Gasteiger charge is 2.30. The van der Waals surface area contributed by atoms with Gasteiger partial charge in [0.05, 0.1) is 4.90 Å². The predicted molar refractivity (Wildman–Crippen MR) is 86.0 cm³/mol. The van der Waals surface area contributed by atoms with E-state index in [4.69, 9.17) is 11.6 Å². The third-order valence-corrected chi connectivity index (χ3v) is 6.03. The molecule has 0 bridgehead atoms. The molecule has 118 valence electrons. The Morgan fingerprint density at radius 3 is 2.57 bits per heavy atom. The average Bonchev–Trinajstić information content (AvgIpc) is 3.27. The first-order valence-corrected chi connectivity index (χ1v) is 9.30. The lowest BCUT2D eigenvalue weighted by Gasteiger charge is -2.20. The van der Waals surface area contributed by atoms with E-state index in [9.17, 15) is 8.42 Å². The molecule has 4 nitrogen and oxygen atoms in total. The standard InChI is InChI=1S/C15H23ClN2O2S/c1-3-17-10-13-7-8-14(9-15(13)16)21(19,20)18(4-2)11-12-5-6-12/h7-9,12,17H,3-6,10-11H2,1-2H3. The minimum Gasteiger partial charge on any atom is -0.313 e. The van der Waals surface area contributed by atoms with Gasteiger partial charge in [-0.2, -0.15) is 4.31 Å². The van der Waals surface area contributed by atoms with Crippen LogP contribution in [0.25, 0.3) is 0 Å². The highest BCUT2D eigenvalue weighted by Crippen LogP contribution is 2.32. The SMILES string of the molecule is CCNCc1ccc(S(=O)(=O)N(CC)CC2CC2)cc1Cl. The van der Waals surface area contributed by atoms with Crippen molar-refractivity contribution in [1.29, 1.82) is 0 Å². The molecule has 1 N–H and O–H groups in total. The van der Waals surface area contributed by atoms with Gasteiger partial charge in [0.15, 0.2) is 0 Å². The highest BCUT2D eigenvalue weighted by atomic mass is 35.5. The summed E-state index contributed by atoms with van der Waals surface area (Å²) >= 11 is 6.21. The predicted octanol–water partition coefficient (Wildman–Crippen LogP) is 2.87.